The van der Waals surface area contributed by atoms with Gasteiger partial charge in [-0.2, -0.15) is 10.2 Å². The zero-order valence-electron chi connectivity index (χ0n) is 19.8. The molecule has 1 aliphatic carbocycles. The number of pyridine rings is 2. The van der Waals surface area contributed by atoms with Gasteiger partial charge in [0.05, 0.1) is 28.1 Å². The SMILES string of the molecule is Cn1cc(-c2cc(I)c3nnc(Sc4ccc5ncc(-c6cn[nH]c6)c(OCC6CC6)c5c4)n3c2)cn1. The molecule has 0 aliphatic heterocycles. The monoisotopic (exact) mass is 620 g/mol. The number of nitrogens with zero attached hydrogens (tertiary/aromatic N) is 7. The molecule has 0 saturated heterocycles. The summed E-state index contributed by atoms with van der Waals surface area (Å²) in [5, 5.41) is 22.1. The molecule has 9 nitrogen and oxygen atoms in total. The van der Waals surface area contributed by atoms with Crippen LogP contribution in [0.3, 0.4) is 0 Å². The molecule has 1 aromatic carbocycles. The number of nitrogens with one attached hydrogen (secondary N) is 1. The van der Waals surface area contributed by atoms with Crippen LogP contribution in [-0.2, 0) is 7.05 Å². The van der Waals surface area contributed by atoms with E-state index in [4.69, 9.17) is 9.72 Å². The summed E-state index contributed by atoms with van der Waals surface area (Å²) in [6.45, 7) is 0.714. The van der Waals surface area contributed by atoms with Crippen molar-refractivity contribution in [1.82, 2.24) is 39.6 Å². The predicted molar refractivity (Wildman–Crippen MR) is 150 cm³/mol. The van der Waals surface area contributed by atoms with Gasteiger partial charge >= 0.3 is 0 Å². The van der Waals surface area contributed by atoms with E-state index in [0.29, 0.717) is 12.5 Å². The van der Waals surface area contributed by atoms with Crippen molar-refractivity contribution in [2.75, 3.05) is 6.61 Å². The number of aromatic amines is 1. The van der Waals surface area contributed by atoms with Crippen molar-refractivity contribution in [1.29, 1.82) is 0 Å². The van der Waals surface area contributed by atoms with E-state index in [1.165, 1.54) is 12.8 Å². The molecule has 0 spiro atoms. The summed E-state index contributed by atoms with van der Waals surface area (Å²) in [6, 6.07) is 8.35. The zero-order valence-corrected chi connectivity index (χ0v) is 22.8. The van der Waals surface area contributed by atoms with E-state index in [0.717, 1.165) is 58.2 Å². The van der Waals surface area contributed by atoms with E-state index in [1.807, 2.05) is 42.3 Å². The van der Waals surface area contributed by atoms with E-state index in [1.54, 1.807) is 22.6 Å². The number of hydrogen-bond donors (Lipinski definition) is 1. The summed E-state index contributed by atoms with van der Waals surface area (Å²) >= 11 is 3.88. The van der Waals surface area contributed by atoms with Crippen LogP contribution in [0.15, 0.2) is 71.5 Å². The highest BCUT2D eigenvalue weighted by molar-refractivity contribution is 14.1. The average Bonchev–Trinajstić information content (AvgIpc) is 3.24. The fourth-order valence-corrected chi connectivity index (χ4v) is 5.84. The lowest BCUT2D eigenvalue weighted by Crippen LogP contribution is -2.02. The molecule has 5 heterocycles. The van der Waals surface area contributed by atoms with Gasteiger partial charge in [-0.3, -0.25) is 19.2 Å². The molecule has 5 aromatic heterocycles. The first-order valence-corrected chi connectivity index (χ1v) is 13.8. The summed E-state index contributed by atoms with van der Waals surface area (Å²) in [6.07, 6.45) is 13.9. The molecule has 184 valence electrons. The van der Waals surface area contributed by atoms with Crippen molar-refractivity contribution in [3.05, 3.63) is 65.0 Å². The van der Waals surface area contributed by atoms with Gasteiger partial charge in [0.25, 0.3) is 0 Å². The summed E-state index contributed by atoms with van der Waals surface area (Å²) in [4.78, 5) is 5.75. The van der Waals surface area contributed by atoms with E-state index in [9.17, 15) is 0 Å². The quantitative estimate of drug-likeness (QED) is 0.232. The van der Waals surface area contributed by atoms with Crippen LogP contribution in [0.4, 0.5) is 0 Å². The van der Waals surface area contributed by atoms with Crippen molar-refractivity contribution < 1.29 is 4.74 Å². The molecule has 37 heavy (non-hydrogen) atoms. The fourth-order valence-electron chi connectivity index (χ4n) is 4.29. The first-order valence-electron chi connectivity index (χ1n) is 11.9. The topological polar surface area (TPSA) is 98.8 Å². The third-order valence-electron chi connectivity index (χ3n) is 6.44. The highest BCUT2D eigenvalue weighted by Gasteiger charge is 2.24. The van der Waals surface area contributed by atoms with Gasteiger partial charge in [-0.05, 0) is 77.4 Å². The zero-order chi connectivity index (χ0) is 24.9. The Hall–Kier alpha value is -3.45. The highest BCUT2D eigenvalue weighted by atomic mass is 127. The Bertz CT molecular complexity index is 1760. The summed E-state index contributed by atoms with van der Waals surface area (Å²) in [5.41, 5.74) is 5.73. The molecular formula is C26H21IN8OS. The second-order valence-corrected chi connectivity index (χ2v) is 11.4. The minimum atomic E-state index is 0.636. The maximum Gasteiger partial charge on any atom is 0.200 e. The van der Waals surface area contributed by atoms with Crippen LogP contribution in [0.2, 0.25) is 0 Å². The van der Waals surface area contributed by atoms with E-state index < -0.39 is 0 Å². The van der Waals surface area contributed by atoms with Crippen LogP contribution in [-0.4, -0.2) is 46.2 Å². The Morgan fingerprint density at radius 1 is 1.08 bits per heavy atom. The number of H-pyrrole nitrogens is 1. The average molecular weight is 620 g/mol. The van der Waals surface area contributed by atoms with E-state index >= 15 is 0 Å². The molecule has 6 aromatic rings. The molecule has 11 heteroatoms. The fraction of sp³-hybridized carbons (Fsp3) is 0.192. The van der Waals surface area contributed by atoms with Crippen molar-refractivity contribution in [3.63, 3.8) is 0 Å². The van der Waals surface area contributed by atoms with Crippen molar-refractivity contribution >= 4 is 50.9 Å². The van der Waals surface area contributed by atoms with Gasteiger partial charge in [-0.15, -0.1) is 10.2 Å². The van der Waals surface area contributed by atoms with Gasteiger partial charge in [0.15, 0.2) is 10.8 Å². The number of fused-ring (bicyclic) bond motifs is 2. The standard InChI is InChI=1S/C26H21IN8OS/c1-34-12-18(10-31-34)16-6-22(27)25-32-33-26(35(25)13-16)37-19-4-5-23-20(7-19)24(36-14-15-2-3-15)21(11-28-23)17-8-29-30-9-17/h4-13,15H,2-3,14H2,1H3,(H,29,30). The van der Waals surface area contributed by atoms with Crippen LogP contribution in [0, 0.1) is 9.49 Å². The van der Waals surface area contributed by atoms with Gasteiger partial charge in [-0.25, -0.2) is 0 Å². The largest absolute Gasteiger partial charge is 0.492 e. The number of rotatable bonds is 7. The minimum absolute atomic E-state index is 0.636. The normalized spacial score (nSPS) is 13.6. The van der Waals surface area contributed by atoms with E-state index in [2.05, 4.69) is 72.5 Å². The molecule has 0 radical (unpaired) electrons. The Morgan fingerprint density at radius 2 is 2.00 bits per heavy atom. The third-order valence-corrected chi connectivity index (χ3v) is 8.18. The van der Waals surface area contributed by atoms with E-state index in [-0.39, 0.29) is 0 Å². The Labute approximate surface area is 229 Å². The predicted octanol–water partition coefficient (Wildman–Crippen LogP) is 5.61. The molecular weight excluding hydrogens is 599 g/mol. The third kappa shape index (κ3) is 4.35. The Kier molecular flexibility index (Phi) is 5.61. The number of benzene rings is 1. The first-order chi connectivity index (χ1) is 18.1. The maximum atomic E-state index is 6.41. The van der Waals surface area contributed by atoms with Gasteiger partial charge in [0.2, 0.25) is 0 Å². The summed E-state index contributed by atoms with van der Waals surface area (Å²) < 4.78 is 11.3. The molecule has 0 bridgehead atoms. The molecule has 1 aliphatic rings. The number of aryl methyl sites for hydroxylation is 1. The van der Waals surface area contributed by atoms with Gasteiger partial charge in [0.1, 0.15) is 5.75 Å². The molecule has 1 N–H and O–H groups in total. The summed E-state index contributed by atoms with van der Waals surface area (Å²) in [7, 11) is 1.92. The highest BCUT2D eigenvalue weighted by Crippen LogP contribution is 2.40. The van der Waals surface area contributed by atoms with Gasteiger partial charge in [0, 0.05) is 64.4 Å². The van der Waals surface area contributed by atoms with Crippen molar-refractivity contribution in [3.8, 4) is 28.0 Å². The molecule has 1 saturated carbocycles. The van der Waals surface area contributed by atoms with Crippen molar-refractivity contribution in [2.24, 2.45) is 13.0 Å². The Balaban J connectivity index is 1.30. The molecule has 1 fully saturated rings. The van der Waals surface area contributed by atoms with Crippen molar-refractivity contribution in [2.45, 2.75) is 22.9 Å². The van der Waals surface area contributed by atoms with Crippen LogP contribution in [0.1, 0.15) is 12.8 Å². The number of hydrogen-bond acceptors (Lipinski definition) is 7. The smallest absolute Gasteiger partial charge is 0.200 e. The molecule has 0 unspecified atom stereocenters. The molecule has 0 amide bonds. The lowest BCUT2D eigenvalue weighted by molar-refractivity contribution is 0.304. The van der Waals surface area contributed by atoms with Crippen LogP contribution >= 0.6 is 34.4 Å². The van der Waals surface area contributed by atoms with Crippen LogP contribution < -0.4 is 4.74 Å². The second kappa shape index (κ2) is 9.14. The van der Waals surface area contributed by atoms with Gasteiger partial charge in [-0.1, -0.05) is 0 Å². The lowest BCUT2D eigenvalue weighted by Gasteiger charge is -2.14. The molecule has 0 atom stereocenters. The second-order valence-electron chi connectivity index (χ2n) is 9.18. The number of aromatic nitrogens is 8. The maximum absolute atomic E-state index is 6.41. The van der Waals surface area contributed by atoms with Crippen LogP contribution in [0.5, 0.6) is 5.75 Å². The number of halogens is 1. The lowest BCUT2D eigenvalue weighted by atomic mass is 10.1. The van der Waals surface area contributed by atoms with Crippen LogP contribution in [0.25, 0.3) is 38.8 Å². The molecule has 7 rings (SSSR count). The summed E-state index contributed by atoms with van der Waals surface area (Å²) in [5.74, 6) is 1.48. The Morgan fingerprint density at radius 3 is 2.78 bits per heavy atom. The number of ether oxygens (including phenoxy) is 1. The first kappa shape index (κ1) is 22.7. The van der Waals surface area contributed by atoms with Gasteiger partial charge < -0.3 is 4.74 Å². The minimum Gasteiger partial charge on any atom is -0.492 e.